The summed E-state index contributed by atoms with van der Waals surface area (Å²) in [7, 11) is 0. The van der Waals surface area contributed by atoms with Gasteiger partial charge in [0.2, 0.25) is 0 Å². The van der Waals surface area contributed by atoms with Gasteiger partial charge in [-0.25, -0.2) is 9.18 Å². The van der Waals surface area contributed by atoms with E-state index in [4.69, 9.17) is 4.74 Å². The average Bonchev–Trinajstić information content (AvgIpc) is 2.95. The van der Waals surface area contributed by atoms with Crippen LogP contribution in [0.2, 0.25) is 0 Å². The van der Waals surface area contributed by atoms with Gasteiger partial charge in [0.15, 0.2) is 0 Å². The number of allylic oxidation sites excluding steroid dienone is 2. The van der Waals surface area contributed by atoms with Gasteiger partial charge in [0, 0.05) is 36.8 Å². The number of piperidine rings is 1. The summed E-state index contributed by atoms with van der Waals surface area (Å²) in [4.78, 5) is 26.0. The lowest BCUT2D eigenvalue weighted by molar-refractivity contribution is -0.172. The lowest BCUT2D eigenvalue weighted by Crippen LogP contribution is -2.52. The second kappa shape index (κ2) is 9.36. The number of carbonyl (C=O) groups is 2. The quantitative estimate of drug-likeness (QED) is 0.499. The minimum absolute atomic E-state index is 0.139. The second-order valence-corrected chi connectivity index (χ2v) is 7.86. The molecule has 4 atom stereocenters. The number of carbonyl (C=O) groups excluding carboxylic acids is 2. The molecule has 0 radical (unpaired) electrons. The first-order valence-electron chi connectivity index (χ1n) is 10.3. The first-order chi connectivity index (χ1) is 14.2. The van der Waals surface area contributed by atoms with Gasteiger partial charge in [-0.1, -0.05) is 12.2 Å². The minimum Gasteiger partial charge on any atom is -0.450 e. The van der Waals surface area contributed by atoms with Crippen LogP contribution < -0.4 is 10.6 Å². The molecule has 168 valence electrons. The third-order valence-corrected chi connectivity index (χ3v) is 5.86. The van der Waals surface area contributed by atoms with Gasteiger partial charge in [-0.05, 0) is 38.7 Å². The van der Waals surface area contributed by atoms with E-state index in [9.17, 15) is 27.2 Å². The molecular weight excluding hydrogens is 406 g/mol. The van der Waals surface area contributed by atoms with Crippen LogP contribution in [-0.2, 0) is 9.53 Å². The summed E-state index contributed by atoms with van der Waals surface area (Å²) in [5, 5.41) is 5.91. The van der Waals surface area contributed by atoms with Gasteiger partial charge in [-0.3, -0.25) is 4.79 Å². The van der Waals surface area contributed by atoms with Crippen LogP contribution in [0.5, 0.6) is 0 Å². The van der Waals surface area contributed by atoms with Gasteiger partial charge in [-0.2, -0.15) is 13.2 Å². The van der Waals surface area contributed by atoms with Gasteiger partial charge >= 0.3 is 12.3 Å². The summed E-state index contributed by atoms with van der Waals surface area (Å²) < 4.78 is 57.1. The molecule has 10 heteroatoms. The first-order valence-corrected chi connectivity index (χ1v) is 10.3. The lowest BCUT2D eigenvalue weighted by atomic mass is 9.93. The van der Waals surface area contributed by atoms with Crippen LogP contribution >= 0.6 is 0 Å². The van der Waals surface area contributed by atoms with E-state index in [2.05, 4.69) is 10.6 Å². The average molecular weight is 433 g/mol. The molecule has 3 rings (SSSR count). The molecule has 1 aliphatic carbocycles. The van der Waals surface area contributed by atoms with E-state index in [-0.39, 0.29) is 36.3 Å². The second-order valence-electron chi connectivity index (χ2n) is 7.86. The fourth-order valence-electron chi connectivity index (χ4n) is 4.48. The zero-order valence-electron chi connectivity index (χ0n) is 16.8. The minimum atomic E-state index is -4.74. The van der Waals surface area contributed by atoms with Crippen molar-refractivity contribution in [2.24, 2.45) is 5.92 Å². The van der Waals surface area contributed by atoms with Crippen molar-refractivity contribution in [3.05, 3.63) is 23.8 Å². The Bertz CT molecular complexity index is 696. The van der Waals surface area contributed by atoms with Crippen LogP contribution in [0.4, 0.5) is 22.4 Å². The molecule has 2 bridgehead atoms. The first kappa shape index (κ1) is 22.6. The third-order valence-electron chi connectivity index (χ3n) is 5.86. The molecule has 2 amide bonds. The molecule has 2 heterocycles. The predicted molar refractivity (Wildman–Crippen MR) is 101 cm³/mol. The maximum atomic E-state index is 13.5. The highest BCUT2D eigenvalue weighted by molar-refractivity contribution is 5.96. The highest BCUT2D eigenvalue weighted by atomic mass is 19.4. The number of nitrogens with zero attached hydrogens (tertiary/aromatic N) is 1. The van der Waals surface area contributed by atoms with Crippen LogP contribution in [0.15, 0.2) is 23.8 Å². The van der Waals surface area contributed by atoms with E-state index in [0.29, 0.717) is 19.2 Å². The number of alkyl halides is 4. The zero-order valence-corrected chi connectivity index (χ0v) is 16.8. The van der Waals surface area contributed by atoms with Gasteiger partial charge in [0.1, 0.15) is 12.1 Å². The Balaban J connectivity index is 1.42. The zero-order chi connectivity index (χ0) is 21.9. The van der Waals surface area contributed by atoms with Crippen molar-refractivity contribution in [1.82, 2.24) is 15.5 Å². The summed E-state index contributed by atoms with van der Waals surface area (Å²) in [6.45, 7) is 2.80. The molecule has 2 fully saturated rings. The molecule has 0 aromatic heterocycles. The fraction of sp³-hybridized carbons (Fsp3) is 0.700. The van der Waals surface area contributed by atoms with Crippen molar-refractivity contribution in [3.8, 4) is 0 Å². The normalized spacial score (nSPS) is 30.8. The summed E-state index contributed by atoms with van der Waals surface area (Å²) >= 11 is 0. The summed E-state index contributed by atoms with van der Waals surface area (Å²) in [6.07, 6.45) is -1.24. The summed E-state index contributed by atoms with van der Waals surface area (Å²) in [6, 6.07) is 0.474. The molecule has 2 saturated heterocycles. The molecule has 0 aromatic carbocycles. The Hall–Kier alpha value is -2.10. The maximum absolute atomic E-state index is 13.5. The van der Waals surface area contributed by atoms with Crippen molar-refractivity contribution in [3.63, 3.8) is 0 Å². The molecular formula is C20H27F4N3O3. The fourth-order valence-corrected chi connectivity index (χ4v) is 4.48. The summed E-state index contributed by atoms with van der Waals surface area (Å²) in [5.74, 6) is -2.96. The van der Waals surface area contributed by atoms with E-state index in [1.807, 2.05) is 4.90 Å². The summed E-state index contributed by atoms with van der Waals surface area (Å²) in [5.41, 5.74) is -0.188. The van der Waals surface area contributed by atoms with Crippen molar-refractivity contribution >= 4 is 12.0 Å². The standard InChI is InChI=1S/C20H27F4N3O3/c1-2-30-19(29)27-14-4-5-15(27)11-13(10-14)25-7-8-26-18(28)12-3-6-17(21)16(9-12)20(22,23)24/h3,6,9,13-17,25H,2,4-5,7-8,10-11H2,1H3,(H,26,28). The smallest absolute Gasteiger partial charge is 0.410 e. The number of nitrogens with one attached hydrogen (secondary N) is 2. The Kier molecular flexibility index (Phi) is 7.05. The van der Waals surface area contributed by atoms with Crippen LogP contribution in [0.1, 0.15) is 32.6 Å². The van der Waals surface area contributed by atoms with Crippen LogP contribution in [-0.4, -0.2) is 67.1 Å². The van der Waals surface area contributed by atoms with Gasteiger partial charge in [0.05, 0.1) is 6.61 Å². The largest absolute Gasteiger partial charge is 0.450 e. The Morgan fingerprint density at radius 1 is 1.20 bits per heavy atom. The molecule has 2 N–H and O–H groups in total. The van der Waals surface area contributed by atoms with E-state index < -0.39 is 24.2 Å². The number of ether oxygens (including phenoxy) is 1. The third kappa shape index (κ3) is 5.14. The highest BCUT2D eigenvalue weighted by Gasteiger charge is 2.45. The van der Waals surface area contributed by atoms with Crippen molar-refractivity contribution < 1.29 is 31.9 Å². The Morgan fingerprint density at radius 3 is 2.47 bits per heavy atom. The molecule has 3 aliphatic rings. The SMILES string of the molecule is CCOC(=O)N1C2CCC1CC(NCCNC(=O)C1=CC(C(F)(F)F)C(F)C=C1)C2. The number of hydrogen-bond donors (Lipinski definition) is 2. The number of amides is 2. The van der Waals surface area contributed by atoms with Crippen LogP contribution in [0.3, 0.4) is 0 Å². The number of fused-ring (bicyclic) bond motifs is 2. The molecule has 0 saturated carbocycles. The van der Waals surface area contributed by atoms with Crippen molar-refractivity contribution in [1.29, 1.82) is 0 Å². The lowest BCUT2D eigenvalue weighted by Gasteiger charge is -2.38. The molecule has 0 aromatic rings. The molecule has 30 heavy (non-hydrogen) atoms. The van der Waals surface area contributed by atoms with Crippen LogP contribution in [0, 0.1) is 5.92 Å². The predicted octanol–water partition coefficient (Wildman–Crippen LogP) is 2.86. The number of halogens is 4. The number of rotatable bonds is 6. The van der Waals surface area contributed by atoms with E-state index >= 15 is 0 Å². The molecule has 0 spiro atoms. The highest BCUT2D eigenvalue weighted by Crippen LogP contribution is 2.36. The topological polar surface area (TPSA) is 70.7 Å². The van der Waals surface area contributed by atoms with E-state index in [1.165, 1.54) is 0 Å². The molecule has 6 nitrogen and oxygen atoms in total. The van der Waals surface area contributed by atoms with E-state index in [0.717, 1.165) is 37.8 Å². The van der Waals surface area contributed by atoms with Crippen LogP contribution in [0.25, 0.3) is 0 Å². The van der Waals surface area contributed by atoms with Gasteiger partial charge < -0.3 is 20.3 Å². The molecule has 2 aliphatic heterocycles. The van der Waals surface area contributed by atoms with Gasteiger partial charge in [-0.15, -0.1) is 0 Å². The van der Waals surface area contributed by atoms with Crippen molar-refractivity contribution in [2.45, 2.75) is 63.1 Å². The Labute approximate surface area is 172 Å². The van der Waals surface area contributed by atoms with Crippen molar-refractivity contribution in [2.75, 3.05) is 19.7 Å². The van der Waals surface area contributed by atoms with Gasteiger partial charge in [0.25, 0.3) is 5.91 Å². The monoisotopic (exact) mass is 433 g/mol. The molecule has 4 unspecified atom stereocenters. The number of hydrogen-bond acceptors (Lipinski definition) is 4. The maximum Gasteiger partial charge on any atom is 0.410 e. The Morgan fingerprint density at radius 2 is 1.87 bits per heavy atom. The van der Waals surface area contributed by atoms with E-state index in [1.54, 1.807) is 6.92 Å².